The molecule has 0 radical (unpaired) electrons. The molecule has 0 aliphatic carbocycles. The van der Waals surface area contributed by atoms with Crippen LogP contribution in [0.4, 0.5) is 11.4 Å². The second kappa shape index (κ2) is 9.13. The number of hydrogen-bond donors (Lipinski definition) is 2. The third kappa shape index (κ3) is 5.27. The third-order valence-corrected chi connectivity index (χ3v) is 6.96. The summed E-state index contributed by atoms with van der Waals surface area (Å²) in [5.41, 5.74) is 2.10. The molecule has 1 saturated heterocycles. The van der Waals surface area contributed by atoms with Gasteiger partial charge in [0.05, 0.1) is 18.1 Å². The number of benzene rings is 2. The largest absolute Gasteiger partial charge is 0.379 e. The van der Waals surface area contributed by atoms with Gasteiger partial charge >= 0.3 is 0 Å². The molecule has 0 saturated carbocycles. The molecular weight excluding hydrogens is 414 g/mol. The number of rotatable bonds is 6. The van der Waals surface area contributed by atoms with Gasteiger partial charge in [0.15, 0.2) is 0 Å². The Kier molecular flexibility index (Phi) is 6.79. The van der Waals surface area contributed by atoms with Gasteiger partial charge in [-0.1, -0.05) is 23.7 Å². The molecule has 3 rings (SSSR count). The van der Waals surface area contributed by atoms with Gasteiger partial charge in [0.25, 0.3) is 0 Å². The molecular formula is C20H24ClN3O4S. The van der Waals surface area contributed by atoms with Gasteiger partial charge in [0, 0.05) is 29.5 Å². The topological polar surface area (TPSA) is 87.7 Å². The van der Waals surface area contributed by atoms with Crippen LogP contribution >= 0.6 is 11.6 Å². The average Bonchev–Trinajstić information content (AvgIpc) is 2.71. The lowest BCUT2D eigenvalue weighted by Gasteiger charge is -2.26. The van der Waals surface area contributed by atoms with Crippen molar-refractivity contribution < 1.29 is 17.9 Å². The van der Waals surface area contributed by atoms with Crippen molar-refractivity contribution in [3.63, 3.8) is 0 Å². The second-order valence-electron chi connectivity index (χ2n) is 6.86. The van der Waals surface area contributed by atoms with Crippen LogP contribution in [0.5, 0.6) is 0 Å². The van der Waals surface area contributed by atoms with Gasteiger partial charge in [-0.15, -0.1) is 0 Å². The fourth-order valence-electron chi connectivity index (χ4n) is 2.92. The Morgan fingerprint density at radius 1 is 1.14 bits per heavy atom. The van der Waals surface area contributed by atoms with E-state index in [1.54, 1.807) is 25.1 Å². The van der Waals surface area contributed by atoms with E-state index in [-0.39, 0.29) is 10.8 Å². The molecule has 1 fully saturated rings. The number of nitrogens with zero attached hydrogens (tertiary/aromatic N) is 1. The maximum absolute atomic E-state index is 12.8. The standard InChI is InChI=1S/C20H24ClN3O4S/c1-14-6-7-17(13-19(14)21)22-15(2)20(25)23-16-4-3-5-18(12-16)29(26,27)24-8-10-28-11-9-24/h3-7,12-13,15,22H,8-11H2,1-2H3,(H,23,25)/t15-/m0/s1. The molecule has 1 amide bonds. The number of hydrogen-bond acceptors (Lipinski definition) is 5. The fraction of sp³-hybridized carbons (Fsp3) is 0.350. The van der Waals surface area contributed by atoms with Crippen LogP contribution in [0.3, 0.4) is 0 Å². The number of amides is 1. The van der Waals surface area contributed by atoms with Gasteiger partial charge in [0.2, 0.25) is 15.9 Å². The lowest BCUT2D eigenvalue weighted by molar-refractivity contribution is -0.116. The molecule has 7 nitrogen and oxygen atoms in total. The highest BCUT2D eigenvalue weighted by atomic mass is 35.5. The predicted octanol–water partition coefficient (Wildman–Crippen LogP) is 3.11. The molecule has 2 N–H and O–H groups in total. The lowest BCUT2D eigenvalue weighted by atomic mass is 10.2. The van der Waals surface area contributed by atoms with Crippen LogP contribution in [0.15, 0.2) is 47.4 Å². The first-order valence-electron chi connectivity index (χ1n) is 9.29. The van der Waals surface area contributed by atoms with E-state index in [1.165, 1.54) is 16.4 Å². The van der Waals surface area contributed by atoms with Gasteiger partial charge in [-0.05, 0) is 49.7 Å². The van der Waals surface area contributed by atoms with Gasteiger partial charge in [0.1, 0.15) is 6.04 Å². The van der Waals surface area contributed by atoms with E-state index in [0.29, 0.717) is 37.0 Å². The maximum atomic E-state index is 12.8. The molecule has 156 valence electrons. The van der Waals surface area contributed by atoms with E-state index in [1.807, 2.05) is 19.1 Å². The minimum Gasteiger partial charge on any atom is -0.379 e. The summed E-state index contributed by atoms with van der Waals surface area (Å²) in [6.07, 6.45) is 0. The van der Waals surface area contributed by atoms with Gasteiger partial charge in [-0.25, -0.2) is 8.42 Å². The molecule has 2 aromatic carbocycles. The summed E-state index contributed by atoms with van der Waals surface area (Å²) in [6.45, 7) is 5.01. The Bertz CT molecular complexity index is 991. The first-order chi connectivity index (χ1) is 13.8. The molecule has 1 atom stereocenters. The van der Waals surface area contributed by atoms with E-state index in [9.17, 15) is 13.2 Å². The summed E-state index contributed by atoms with van der Waals surface area (Å²) < 4.78 is 32.2. The molecule has 1 aliphatic heterocycles. The van der Waals surface area contributed by atoms with Crippen molar-refractivity contribution in [2.75, 3.05) is 36.9 Å². The van der Waals surface area contributed by atoms with Gasteiger partial charge in [-0.3, -0.25) is 4.79 Å². The van der Waals surface area contributed by atoms with Crippen LogP contribution in [0, 0.1) is 6.92 Å². The monoisotopic (exact) mass is 437 g/mol. The summed E-state index contributed by atoms with van der Waals surface area (Å²) >= 11 is 6.12. The minimum absolute atomic E-state index is 0.142. The van der Waals surface area contributed by atoms with E-state index >= 15 is 0 Å². The zero-order valence-electron chi connectivity index (χ0n) is 16.3. The van der Waals surface area contributed by atoms with Gasteiger partial charge in [-0.2, -0.15) is 4.31 Å². The number of ether oxygens (including phenoxy) is 1. The summed E-state index contributed by atoms with van der Waals surface area (Å²) in [6, 6.07) is 11.2. The van der Waals surface area contributed by atoms with Crippen LogP contribution in [0.25, 0.3) is 0 Å². The first kappa shape index (κ1) is 21.6. The minimum atomic E-state index is -3.63. The van der Waals surface area contributed by atoms with E-state index in [0.717, 1.165) is 11.3 Å². The Balaban J connectivity index is 1.68. The molecule has 0 unspecified atom stereocenters. The molecule has 1 heterocycles. The van der Waals surface area contributed by atoms with Crippen molar-refractivity contribution >= 4 is 38.9 Å². The summed E-state index contributed by atoms with van der Waals surface area (Å²) in [5, 5.41) is 6.47. The molecule has 2 aromatic rings. The SMILES string of the molecule is Cc1ccc(N[C@@H](C)C(=O)Nc2cccc(S(=O)(=O)N3CCOCC3)c2)cc1Cl. The first-order valence-corrected chi connectivity index (χ1v) is 11.1. The second-order valence-corrected chi connectivity index (χ2v) is 9.21. The molecule has 0 aromatic heterocycles. The van der Waals surface area contributed by atoms with Crippen LogP contribution in [-0.4, -0.2) is 51.0 Å². The van der Waals surface area contributed by atoms with Crippen molar-refractivity contribution in [3.8, 4) is 0 Å². The number of carbonyl (C=O) groups excluding carboxylic acids is 1. The van der Waals surface area contributed by atoms with Crippen molar-refractivity contribution in [3.05, 3.63) is 53.1 Å². The van der Waals surface area contributed by atoms with E-state index in [2.05, 4.69) is 10.6 Å². The van der Waals surface area contributed by atoms with Crippen molar-refractivity contribution in [1.29, 1.82) is 0 Å². The molecule has 0 bridgehead atoms. The number of sulfonamides is 1. The molecule has 1 aliphatic rings. The molecule has 0 spiro atoms. The van der Waals surface area contributed by atoms with Crippen molar-refractivity contribution in [1.82, 2.24) is 4.31 Å². The van der Waals surface area contributed by atoms with Crippen LogP contribution in [-0.2, 0) is 19.6 Å². The predicted molar refractivity (Wildman–Crippen MR) is 114 cm³/mol. The quantitative estimate of drug-likeness (QED) is 0.725. The number of aryl methyl sites for hydroxylation is 1. The Morgan fingerprint density at radius 3 is 2.55 bits per heavy atom. The zero-order valence-corrected chi connectivity index (χ0v) is 17.9. The smallest absolute Gasteiger partial charge is 0.246 e. The summed E-state index contributed by atoms with van der Waals surface area (Å²) in [5.74, 6) is -0.289. The number of anilines is 2. The number of halogens is 1. The van der Waals surface area contributed by atoms with E-state index in [4.69, 9.17) is 16.3 Å². The third-order valence-electron chi connectivity index (χ3n) is 4.66. The Hall–Kier alpha value is -2.13. The lowest BCUT2D eigenvalue weighted by Crippen LogP contribution is -2.40. The Labute approximate surface area is 176 Å². The molecule has 9 heteroatoms. The number of nitrogens with one attached hydrogen (secondary N) is 2. The number of morpholine rings is 1. The maximum Gasteiger partial charge on any atom is 0.246 e. The van der Waals surface area contributed by atoms with Crippen LogP contribution < -0.4 is 10.6 Å². The summed E-state index contributed by atoms with van der Waals surface area (Å²) in [4.78, 5) is 12.7. The highest BCUT2D eigenvalue weighted by molar-refractivity contribution is 7.89. The highest BCUT2D eigenvalue weighted by Crippen LogP contribution is 2.22. The highest BCUT2D eigenvalue weighted by Gasteiger charge is 2.26. The fourth-order valence-corrected chi connectivity index (χ4v) is 4.55. The Morgan fingerprint density at radius 2 is 1.86 bits per heavy atom. The van der Waals surface area contributed by atoms with E-state index < -0.39 is 16.1 Å². The normalized spacial score (nSPS) is 16.2. The average molecular weight is 438 g/mol. The van der Waals surface area contributed by atoms with Crippen molar-refractivity contribution in [2.24, 2.45) is 0 Å². The van der Waals surface area contributed by atoms with Gasteiger partial charge < -0.3 is 15.4 Å². The number of carbonyl (C=O) groups is 1. The van der Waals surface area contributed by atoms with Crippen LogP contribution in [0.2, 0.25) is 5.02 Å². The zero-order chi connectivity index (χ0) is 21.0. The van der Waals surface area contributed by atoms with Crippen molar-refractivity contribution in [2.45, 2.75) is 24.8 Å². The van der Waals surface area contributed by atoms with Crippen LogP contribution in [0.1, 0.15) is 12.5 Å². The molecule has 29 heavy (non-hydrogen) atoms. The summed E-state index contributed by atoms with van der Waals surface area (Å²) in [7, 11) is -3.63.